The summed E-state index contributed by atoms with van der Waals surface area (Å²) in [5.74, 6) is 1.01. The number of aryl methyl sites for hydroxylation is 1. The van der Waals surface area contributed by atoms with Crippen molar-refractivity contribution in [2.24, 2.45) is 5.92 Å². The highest BCUT2D eigenvalue weighted by atomic mass is 35.5. The smallest absolute Gasteiger partial charge is 0.252 e. The van der Waals surface area contributed by atoms with Crippen LogP contribution in [0.4, 0.5) is 10.1 Å². The van der Waals surface area contributed by atoms with Crippen LogP contribution in [0.15, 0.2) is 54.1 Å². The van der Waals surface area contributed by atoms with E-state index in [1.807, 2.05) is 26.0 Å². The van der Waals surface area contributed by atoms with Crippen LogP contribution in [0.2, 0.25) is 5.02 Å². The van der Waals surface area contributed by atoms with Gasteiger partial charge < -0.3 is 29.9 Å². The van der Waals surface area contributed by atoms with Crippen molar-refractivity contribution in [3.63, 3.8) is 0 Å². The Hall–Kier alpha value is -3.59. The Labute approximate surface area is 288 Å². The molecule has 3 fully saturated rings. The van der Waals surface area contributed by atoms with E-state index in [4.69, 9.17) is 21.1 Å². The van der Waals surface area contributed by atoms with Crippen molar-refractivity contribution in [2.45, 2.75) is 71.1 Å². The molecule has 3 heterocycles. The van der Waals surface area contributed by atoms with Gasteiger partial charge in [-0.05, 0) is 104 Å². The third-order valence-corrected chi connectivity index (χ3v) is 11.2. The number of hydrogen-bond acceptors (Lipinski definition) is 6. The van der Waals surface area contributed by atoms with Crippen LogP contribution in [0.3, 0.4) is 0 Å². The average Bonchev–Trinajstić information content (AvgIpc) is 3.82. The molecule has 2 N–H and O–H groups in total. The van der Waals surface area contributed by atoms with Gasteiger partial charge in [-0.3, -0.25) is 4.79 Å². The number of nitrogens with zero attached hydrogens (tertiary/aromatic N) is 2. The number of halogens is 2. The zero-order chi connectivity index (χ0) is 33.5. The Kier molecular flexibility index (Phi) is 9.42. The van der Waals surface area contributed by atoms with E-state index in [2.05, 4.69) is 57.7 Å². The van der Waals surface area contributed by atoms with Gasteiger partial charge in [0.1, 0.15) is 5.75 Å². The summed E-state index contributed by atoms with van der Waals surface area (Å²) in [5.41, 5.74) is 8.20. The molecular formula is C39H46ClFN4O3. The number of nitrogens with one attached hydrogen (secondary N) is 2. The topological polar surface area (TPSA) is 66.1 Å². The van der Waals surface area contributed by atoms with Gasteiger partial charge in [0.15, 0.2) is 11.6 Å². The number of amides is 1. The number of piperazine rings is 1. The fraction of sp³-hybridized carbons (Fsp3) is 0.462. The molecule has 4 aliphatic rings. The molecule has 0 aromatic heterocycles. The zero-order valence-electron chi connectivity index (χ0n) is 28.4. The van der Waals surface area contributed by atoms with Crippen molar-refractivity contribution >= 4 is 28.8 Å². The zero-order valence-corrected chi connectivity index (χ0v) is 29.1. The Bertz CT molecular complexity index is 1720. The summed E-state index contributed by atoms with van der Waals surface area (Å²) in [4.78, 5) is 19.1. The minimum Gasteiger partial charge on any atom is -0.496 e. The Balaban J connectivity index is 1.09. The predicted octanol–water partition coefficient (Wildman–Crippen LogP) is 6.60. The van der Waals surface area contributed by atoms with Crippen molar-refractivity contribution in [1.82, 2.24) is 15.5 Å². The molecule has 1 saturated carbocycles. The molecule has 1 aliphatic carbocycles. The second-order valence-corrected chi connectivity index (χ2v) is 14.4. The van der Waals surface area contributed by atoms with Gasteiger partial charge in [0.05, 0.1) is 24.8 Å². The molecule has 9 heteroatoms. The van der Waals surface area contributed by atoms with E-state index in [1.165, 1.54) is 6.07 Å². The molecule has 2 bridgehead atoms. The van der Waals surface area contributed by atoms with Crippen molar-refractivity contribution in [1.29, 1.82) is 0 Å². The molecule has 3 aromatic carbocycles. The van der Waals surface area contributed by atoms with E-state index in [9.17, 15) is 9.18 Å². The summed E-state index contributed by atoms with van der Waals surface area (Å²) in [6.07, 6.45) is 3.85. The van der Waals surface area contributed by atoms with Crippen LogP contribution in [0, 0.1) is 32.5 Å². The van der Waals surface area contributed by atoms with Gasteiger partial charge in [-0.1, -0.05) is 35.9 Å². The number of carbonyl (C=O) groups is 1. The molecule has 0 unspecified atom stereocenters. The lowest BCUT2D eigenvalue weighted by molar-refractivity contribution is -0.128. The van der Waals surface area contributed by atoms with Gasteiger partial charge in [0, 0.05) is 62.0 Å². The third kappa shape index (κ3) is 6.55. The van der Waals surface area contributed by atoms with Crippen molar-refractivity contribution in [2.75, 3.05) is 44.8 Å². The summed E-state index contributed by atoms with van der Waals surface area (Å²) in [5, 5.41) is 7.66. The van der Waals surface area contributed by atoms with Crippen molar-refractivity contribution < 1.29 is 18.7 Å². The Morgan fingerprint density at radius 2 is 1.85 bits per heavy atom. The fourth-order valence-electron chi connectivity index (χ4n) is 7.60. The van der Waals surface area contributed by atoms with Crippen LogP contribution in [-0.4, -0.2) is 68.8 Å². The van der Waals surface area contributed by atoms with Crippen LogP contribution in [0.5, 0.6) is 11.5 Å². The second kappa shape index (κ2) is 13.7. The van der Waals surface area contributed by atoms with Gasteiger partial charge in [0.2, 0.25) is 0 Å². The molecule has 3 aromatic rings. The third-order valence-electron chi connectivity index (χ3n) is 10.7. The van der Waals surface area contributed by atoms with E-state index in [1.54, 1.807) is 7.11 Å². The number of anilines is 1. The van der Waals surface area contributed by atoms with Crippen LogP contribution in [0.1, 0.15) is 53.5 Å². The summed E-state index contributed by atoms with van der Waals surface area (Å²) in [6, 6.07) is 16.9. The maximum Gasteiger partial charge on any atom is 0.252 e. The maximum atomic E-state index is 14.6. The predicted molar refractivity (Wildman–Crippen MR) is 190 cm³/mol. The summed E-state index contributed by atoms with van der Waals surface area (Å²) in [6.45, 7) is 10.2. The van der Waals surface area contributed by atoms with Gasteiger partial charge in [0.25, 0.3) is 5.91 Å². The summed E-state index contributed by atoms with van der Waals surface area (Å²) in [7, 11) is 1.70. The molecule has 2 saturated heterocycles. The maximum absolute atomic E-state index is 14.6. The monoisotopic (exact) mass is 672 g/mol. The number of carbonyl (C=O) groups excluding carboxylic acids is 1. The first-order chi connectivity index (χ1) is 23.2. The molecule has 0 spiro atoms. The molecule has 3 aliphatic heterocycles. The lowest BCUT2D eigenvalue weighted by Crippen LogP contribution is -2.60. The molecule has 1 amide bonds. The Morgan fingerprint density at radius 1 is 1.06 bits per heavy atom. The highest BCUT2D eigenvalue weighted by Gasteiger charge is 2.41. The van der Waals surface area contributed by atoms with Gasteiger partial charge in [-0.15, -0.1) is 0 Å². The molecule has 48 heavy (non-hydrogen) atoms. The average molecular weight is 673 g/mol. The summed E-state index contributed by atoms with van der Waals surface area (Å²) >= 11 is 6.43. The molecular weight excluding hydrogens is 627 g/mol. The lowest BCUT2D eigenvalue weighted by Gasteiger charge is -2.41. The largest absolute Gasteiger partial charge is 0.496 e. The first-order valence-electron chi connectivity index (χ1n) is 17.3. The molecule has 7 nitrogen and oxygen atoms in total. The van der Waals surface area contributed by atoms with Crippen LogP contribution in [0.25, 0.3) is 5.57 Å². The van der Waals surface area contributed by atoms with E-state index in [0.29, 0.717) is 24.2 Å². The van der Waals surface area contributed by atoms with Gasteiger partial charge in [-0.2, -0.15) is 0 Å². The number of methoxy groups -OCH3 is 1. The highest BCUT2D eigenvalue weighted by Crippen LogP contribution is 2.38. The molecule has 3 atom stereocenters. The first kappa shape index (κ1) is 32.9. The number of benzene rings is 3. The lowest BCUT2D eigenvalue weighted by atomic mass is 9.83. The van der Waals surface area contributed by atoms with E-state index in [0.717, 1.165) is 102 Å². The normalized spacial score (nSPS) is 22.2. The van der Waals surface area contributed by atoms with Crippen molar-refractivity contribution in [3.05, 3.63) is 92.8 Å². The Morgan fingerprint density at radius 3 is 2.60 bits per heavy atom. The number of ether oxygens (including phenoxy) is 2. The van der Waals surface area contributed by atoms with Crippen LogP contribution in [-0.2, 0) is 11.3 Å². The minimum atomic E-state index is -0.408. The highest BCUT2D eigenvalue weighted by molar-refractivity contribution is 6.32. The van der Waals surface area contributed by atoms with E-state index in [-0.39, 0.29) is 29.7 Å². The van der Waals surface area contributed by atoms with Crippen LogP contribution < -0.4 is 25.0 Å². The SMILES string of the molecule is COc1cccc(CN(C(=O)C2=C(c3ccc(N4CC[C@@H](COc5c(F)cc(C)c(C)c5Cl)C4)cc3)C[C@@H]3CNC[C@H]2N3)C2CC2)c1C. The standard InChI is InChI=1S/C39H46ClFN4O3/c1-23-16-33(41)38(37(40)24(23)2)48-22-26-14-15-44(20-26)30-10-8-27(9-11-30)32-17-29-18-42-19-34(43-29)36(32)39(46)45(31-12-13-31)21-28-6-5-7-35(47-4)25(28)3/h5-11,16,26,29,31,34,42-43H,12-15,17-22H2,1-4H3/t26-,29-,34-/m1/s1. The van der Waals surface area contributed by atoms with E-state index < -0.39 is 5.82 Å². The van der Waals surface area contributed by atoms with Gasteiger partial charge in [-0.25, -0.2) is 4.39 Å². The summed E-state index contributed by atoms with van der Waals surface area (Å²) < 4.78 is 26.2. The quantitative estimate of drug-likeness (QED) is 0.253. The minimum absolute atomic E-state index is 0.0256. The number of hydrogen-bond donors (Lipinski definition) is 2. The van der Waals surface area contributed by atoms with Gasteiger partial charge >= 0.3 is 0 Å². The number of fused-ring (bicyclic) bond motifs is 2. The van der Waals surface area contributed by atoms with E-state index >= 15 is 0 Å². The molecule has 254 valence electrons. The van der Waals surface area contributed by atoms with Crippen LogP contribution >= 0.6 is 11.6 Å². The number of rotatable bonds is 10. The van der Waals surface area contributed by atoms with Crippen molar-refractivity contribution in [3.8, 4) is 11.5 Å². The molecule has 0 radical (unpaired) electrons. The first-order valence-corrected chi connectivity index (χ1v) is 17.7. The molecule has 7 rings (SSSR count). The second-order valence-electron chi connectivity index (χ2n) is 14.0. The fourth-order valence-corrected chi connectivity index (χ4v) is 7.90.